The average molecular weight is 315 g/mol. The third-order valence-corrected chi connectivity index (χ3v) is 2.72. The van der Waals surface area contributed by atoms with Gasteiger partial charge in [0.1, 0.15) is 0 Å². The highest BCUT2D eigenvalue weighted by Crippen LogP contribution is 2.17. The number of carbonyl (C=O) groups excluding carboxylic acids is 1. The Hall–Kier alpha value is -1.93. The van der Waals surface area contributed by atoms with Gasteiger partial charge in [-0.05, 0) is 37.3 Å². The Morgan fingerprint density at radius 1 is 1.38 bits per heavy atom. The Morgan fingerprint density at radius 3 is 2.67 bits per heavy atom. The van der Waals surface area contributed by atoms with Crippen LogP contribution in [0.25, 0.3) is 0 Å². The summed E-state index contributed by atoms with van der Waals surface area (Å²) in [5, 5.41) is 3.14. The van der Waals surface area contributed by atoms with Gasteiger partial charge in [0.05, 0.1) is 13.7 Å². The van der Waals surface area contributed by atoms with E-state index in [0.29, 0.717) is 6.61 Å². The number of halogens is 1. The minimum absolute atomic E-state index is 0.00895. The molecule has 1 aromatic rings. The van der Waals surface area contributed by atoms with Gasteiger partial charge in [-0.1, -0.05) is 0 Å². The van der Waals surface area contributed by atoms with Gasteiger partial charge in [0, 0.05) is 18.7 Å². The van der Waals surface area contributed by atoms with Gasteiger partial charge in [-0.3, -0.25) is 15.6 Å². The smallest absolute Gasteiger partial charge is 0.269 e. The highest BCUT2D eigenvalue weighted by atomic mass is 32.1. The van der Waals surface area contributed by atoms with E-state index >= 15 is 0 Å². The zero-order valence-corrected chi connectivity index (χ0v) is 12.8. The molecular weight excluding hydrogens is 297 g/mol. The molecule has 0 saturated heterocycles. The first-order valence-electron chi connectivity index (χ1n) is 6.17. The third-order valence-electron chi connectivity index (χ3n) is 2.50. The molecule has 1 amide bonds. The van der Waals surface area contributed by atoms with Gasteiger partial charge in [-0.15, -0.1) is 0 Å². The summed E-state index contributed by atoms with van der Waals surface area (Å²) in [5.41, 5.74) is 5.05. The molecule has 6 nitrogen and oxygen atoms in total. The monoisotopic (exact) mass is 315 g/mol. The van der Waals surface area contributed by atoms with E-state index in [2.05, 4.69) is 16.2 Å². The molecule has 0 unspecified atom stereocenters. The summed E-state index contributed by atoms with van der Waals surface area (Å²) >= 11 is 4.99. The van der Waals surface area contributed by atoms with E-state index in [1.54, 1.807) is 7.11 Å². The molecule has 116 valence electrons. The molecule has 8 heteroatoms. The van der Waals surface area contributed by atoms with Crippen molar-refractivity contribution < 1.29 is 18.7 Å². The molecule has 0 aliphatic heterocycles. The van der Waals surface area contributed by atoms with Crippen molar-refractivity contribution in [1.82, 2.24) is 16.2 Å². The fraction of sp³-hybridized carbons (Fsp3) is 0.385. The molecule has 1 aromatic carbocycles. The predicted molar refractivity (Wildman–Crippen MR) is 80.6 cm³/mol. The minimum atomic E-state index is -0.612. The van der Waals surface area contributed by atoms with Crippen molar-refractivity contribution >= 4 is 23.2 Å². The molecule has 1 atom stereocenters. The van der Waals surface area contributed by atoms with Gasteiger partial charge in [0.25, 0.3) is 5.91 Å². The molecule has 21 heavy (non-hydrogen) atoms. The number of amides is 1. The van der Waals surface area contributed by atoms with E-state index < -0.39 is 11.7 Å². The maximum atomic E-state index is 13.5. The summed E-state index contributed by atoms with van der Waals surface area (Å²) in [7, 11) is 2.93. The number of hydrogen-bond acceptors (Lipinski definition) is 4. The van der Waals surface area contributed by atoms with Crippen molar-refractivity contribution in [2.24, 2.45) is 0 Å². The van der Waals surface area contributed by atoms with Crippen LogP contribution in [0.15, 0.2) is 18.2 Å². The van der Waals surface area contributed by atoms with Gasteiger partial charge < -0.3 is 14.8 Å². The number of rotatable bonds is 5. The molecule has 0 radical (unpaired) electrons. The normalized spacial score (nSPS) is 11.4. The van der Waals surface area contributed by atoms with Crippen LogP contribution >= 0.6 is 12.2 Å². The van der Waals surface area contributed by atoms with Crippen LogP contribution in [-0.4, -0.2) is 37.9 Å². The second-order valence-corrected chi connectivity index (χ2v) is 4.67. The molecule has 1 rings (SSSR count). The van der Waals surface area contributed by atoms with E-state index in [-0.39, 0.29) is 22.5 Å². The lowest BCUT2D eigenvalue weighted by Crippen LogP contribution is -2.49. The lowest BCUT2D eigenvalue weighted by Gasteiger charge is -2.16. The quantitative estimate of drug-likeness (QED) is 0.556. The number of benzene rings is 1. The van der Waals surface area contributed by atoms with Gasteiger partial charge in [0.15, 0.2) is 16.7 Å². The van der Waals surface area contributed by atoms with Gasteiger partial charge in [-0.2, -0.15) is 0 Å². The lowest BCUT2D eigenvalue weighted by molar-refractivity contribution is 0.0943. The summed E-state index contributed by atoms with van der Waals surface area (Å²) in [6, 6.07) is 3.90. The molecule has 0 spiro atoms. The summed E-state index contributed by atoms with van der Waals surface area (Å²) in [6.45, 7) is 2.34. The maximum absolute atomic E-state index is 13.5. The second kappa shape index (κ2) is 8.38. The Balaban J connectivity index is 2.50. The number of hydrazine groups is 1. The lowest BCUT2D eigenvalue weighted by atomic mass is 10.2. The SMILES string of the molecule is COC[C@H](C)NC(=S)NNC(=O)c1ccc(OC)c(F)c1. The molecular formula is C13H18FN3O3S. The number of ether oxygens (including phenoxy) is 2. The van der Waals surface area contributed by atoms with Crippen LogP contribution in [0, 0.1) is 5.82 Å². The van der Waals surface area contributed by atoms with Crippen LogP contribution in [0.3, 0.4) is 0 Å². The number of methoxy groups -OCH3 is 2. The molecule has 3 N–H and O–H groups in total. The van der Waals surface area contributed by atoms with Crippen molar-refractivity contribution in [3.8, 4) is 5.75 Å². The summed E-state index contributed by atoms with van der Waals surface area (Å²) in [4.78, 5) is 11.8. The standard InChI is InChI=1S/C13H18FN3O3S/c1-8(7-19-2)15-13(21)17-16-12(18)9-4-5-11(20-3)10(14)6-9/h4-6,8H,7H2,1-3H3,(H,16,18)(H2,15,17,21)/t8-/m0/s1. The van der Waals surface area contributed by atoms with Crippen molar-refractivity contribution in [3.63, 3.8) is 0 Å². The fourth-order valence-electron chi connectivity index (χ4n) is 1.54. The molecule has 0 saturated carbocycles. The number of thiocarbonyl (C=S) groups is 1. The van der Waals surface area contributed by atoms with Crippen LogP contribution in [-0.2, 0) is 4.74 Å². The van der Waals surface area contributed by atoms with Gasteiger partial charge in [-0.25, -0.2) is 4.39 Å². The van der Waals surface area contributed by atoms with Crippen LogP contribution in [0.2, 0.25) is 0 Å². The van der Waals surface area contributed by atoms with Crippen molar-refractivity contribution in [2.75, 3.05) is 20.8 Å². The topological polar surface area (TPSA) is 71.6 Å². The summed E-state index contributed by atoms with van der Waals surface area (Å²) < 4.78 is 23.2. The molecule has 0 aliphatic rings. The molecule has 0 aromatic heterocycles. The Kier molecular flexibility index (Phi) is 6.83. The third kappa shape index (κ3) is 5.52. The van der Waals surface area contributed by atoms with E-state index in [0.717, 1.165) is 6.07 Å². The van der Waals surface area contributed by atoms with Crippen LogP contribution in [0.1, 0.15) is 17.3 Å². The fourth-order valence-corrected chi connectivity index (χ4v) is 1.80. The van der Waals surface area contributed by atoms with Crippen LogP contribution in [0.5, 0.6) is 5.75 Å². The largest absolute Gasteiger partial charge is 0.494 e. The molecule has 0 aliphatic carbocycles. The summed E-state index contributed by atoms with van der Waals surface area (Å²) in [6.07, 6.45) is 0. The van der Waals surface area contributed by atoms with Crippen molar-refractivity contribution in [1.29, 1.82) is 0 Å². The van der Waals surface area contributed by atoms with Crippen molar-refractivity contribution in [2.45, 2.75) is 13.0 Å². The van der Waals surface area contributed by atoms with E-state index in [9.17, 15) is 9.18 Å². The van der Waals surface area contributed by atoms with Gasteiger partial charge in [0.2, 0.25) is 0 Å². The zero-order valence-electron chi connectivity index (χ0n) is 12.0. The van der Waals surface area contributed by atoms with Gasteiger partial charge >= 0.3 is 0 Å². The molecule has 0 bridgehead atoms. The van der Waals surface area contributed by atoms with E-state index in [4.69, 9.17) is 21.7 Å². The van der Waals surface area contributed by atoms with E-state index in [1.165, 1.54) is 19.2 Å². The average Bonchev–Trinajstić information content (AvgIpc) is 2.44. The number of carbonyl (C=O) groups is 1. The Bertz CT molecular complexity index is 513. The predicted octanol–water partition coefficient (Wildman–Crippen LogP) is 0.978. The van der Waals surface area contributed by atoms with E-state index in [1.807, 2.05) is 6.92 Å². The highest BCUT2D eigenvalue weighted by Gasteiger charge is 2.10. The maximum Gasteiger partial charge on any atom is 0.269 e. The first kappa shape index (κ1) is 17.1. The molecule has 0 heterocycles. The van der Waals surface area contributed by atoms with Crippen LogP contribution < -0.4 is 20.9 Å². The first-order valence-corrected chi connectivity index (χ1v) is 6.58. The molecule has 0 fully saturated rings. The Labute approximate surface area is 128 Å². The summed E-state index contributed by atoms with van der Waals surface area (Å²) in [5.74, 6) is -1.05. The zero-order chi connectivity index (χ0) is 15.8. The Morgan fingerprint density at radius 2 is 2.10 bits per heavy atom. The number of nitrogens with one attached hydrogen (secondary N) is 3. The first-order chi connectivity index (χ1) is 9.97. The van der Waals surface area contributed by atoms with Crippen LogP contribution in [0.4, 0.5) is 4.39 Å². The number of hydrogen-bond donors (Lipinski definition) is 3. The van der Waals surface area contributed by atoms with Crippen molar-refractivity contribution in [3.05, 3.63) is 29.6 Å². The second-order valence-electron chi connectivity index (χ2n) is 4.26. The minimum Gasteiger partial charge on any atom is -0.494 e. The highest BCUT2D eigenvalue weighted by molar-refractivity contribution is 7.80.